The summed E-state index contributed by atoms with van der Waals surface area (Å²) in [4.78, 5) is 11.4. The van der Waals surface area contributed by atoms with Crippen LogP contribution in [0.1, 0.15) is 49.4 Å². The SMILES string of the molecule is CCC(=O)N[C@@H](CC)c1ccc(C)cc1C. The number of aryl methyl sites for hydroxylation is 2. The van der Waals surface area contributed by atoms with Crippen molar-refractivity contribution in [3.63, 3.8) is 0 Å². The second-order valence-corrected chi connectivity index (χ2v) is 4.24. The zero-order chi connectivity index (χ0) is 12.1. The molecule has 1 N–H and O–H groups in total. The molecule has 0 aliphatic rings. The molecule has 1 atom stereocenters. The molecule has 1 amide bonds. The van der Waals surface area contributed by atoms with Crippen molar-refractivity contribution >= 4 is 5.91 Å². The van der Waals surface area contributed by atoms with Crippen LogP contribution < -0.4 is 5.32 Å². The number of amides is 1. The molecule has 0 fully saturated rings. The normalized spacial score (nSPS) is 12.2. The van der Waals surface area contributed by atoms with Gasteiger partial charge < -0.3 is 5.32 Å². The zero-order valence-electron chi connectivity index (χ0n) is 10.6. The lowest BCUT2D eigenvalue weighted by molar-refractivity contribution is -0.121. The van der Waals surface area contributed by atoms with Gasteiger partial charge in [-0.1, -0.05) is 37.6 Å². The maximum Gasteiger partial charge on any atom is 0.220 e. The summed E-state index contributed by atoms with van der Waals surface area (Å²) >= 11 is 0. The first-order valence-corrected chi connectivity index (χ1v) is 5.95. The third-order valence-corrected chi connectivity index (χ3v) is 2.87. The van der Waals surface area contributed by atoms with Crippen molar-refractivity contribution in [2.24, 2.45) is 0 Å². The molecule has 0 spiro atoms. The van der Waals surface area contributed by atoms with Gasteiger partial charge in [0.1, 0.15) is 0 Å². The summed E-state index contributed by atoms with van der Waals surface area (Å²) < 4.78 is 0. The quantitative estimate of drug-likeness (QED) is 0.827. The summed E-state index contributed by atoms with van der Waals surface area (Å²) in [5.74, 6) is 0.117. The van der Waals surface area contributed by atoms with Crippen molar-refractivity contribution in [1.29, 1.82) is 0 Å². The minimum atomic E-state index is 0.117. The van der Waals surface area contributed by atoms with Gasteiger partial charge in [0.2, 0.25) is 5.91 Å². The van der Waals surface area contributed by atoms with Gasteiger partial charge in [0, 0.05) is 6.42 Å². The van der Waals surface area contributed by atoms with E-state index in [1.165, 1.54) is 16.7 Å². The third kappa shape index (κ3) is 3.09. The highest BCUT2D eigenvalue weighted by molar-refractivity contribution is 5.76. The fourth-order valence-corrected chi connectivity index (χ4v) is 1.91. The molecule has 0 unspecified atom stereocenters. The molecule has 2 nitrogen and oxygen atoms in total. The summed E-state index contributed by atoms with van der Waals surface area (Å²) in [6.07, 6.45) is 1.47. The highest BCUT2D eigenvalue weighted by atomic mass is 16.1. The van der Waals surface area contributed by atoms with E-state index < -0.39 is 0 Å². The second-order valence-electron chi connectivity index (χ2n) is 4.24. The van der Waals surface area contributed by atoms with Crippen LogP contribution in [0.2, 0.25) is 0 Å². The van der Waals surface area contributed by atoms with Crippen LogP contribution in [0.4, 0.5) is 0 Å². The summed E-state index contributed by atoms with van der Waals surface area (Å²) in [5, 5.41) is 3.05. The minimum absolute atomic E-state index is 0.117. The van der Waals surface area contributed by atoms with E-state index in [1.807, 2.05) is 6.92 Å². The Kier molecular flexibility index (Phi) is 4.53. The Balaban J connectivity index is 2.90. The monoisotopic (exact) mass is 219 g/mol. The van der Waals surface area contributed by atoms with Crippen LogP contribution in [0.5, 0.6) is 0 Å². The van der Waals surface area contributed by atoms with Gasteiger partial charge in [-0.05, 0) is 31.4 Å². The van der Waals surface area contributed by atoms with Gasteiger partial charge in [0.05, 0.1) is 6.04 Å². The van der Waals surface area contributed by atoms with Gasteiger partial charge >= 0.3 is 0 Å². The Morgan fingerprint density at radius 1 is 1.31 bits per heavy atom. The maximum atomic E-state index is 11.4. The van der Waals surface area contributed by atoms with E-state index in [2.05, 4.69) is 44.3 Å². The van der Waals surface area contributed by atoms with Crippen molar-refractivity contribution in [1.82, 2.24) is 5.32 Å². The molecule has 88 valence electrons. The third-order valence-electron chi connectivity index (χ3n) is 2.87. The summed E-state index contributed by atoms with van der Waals surface area (Å²) in [7, 11) is 0. The van der Waals surface area contributed by atoms with E-state index in [0.29, 0.717) is 6.42 Å². The van der Waals surface area contributed by atoms with Crippen LogP contribution in [0.15, 0.2) is 18.2 Å². The number of nitrogens with one attached hydrogen (secondary N) is 1. The van der Waals surface area contributed by atoms with Crippen LogP contribution in [-0.4, -0.2) is 5.91 Å². The highest BCUT2D eigenvalue weighted by Crippen LogP contribution is 2.21. The van der Waals surface area contributed by atoms with Gasteiger partial charge in [-0.15, -0.1) is 0 Å². The van der Waals surface area contributed by atoms with Crippen LogP contribution in [0.3, 0.4) is 0 Å². The Bertz CT molecular complexity index is 371. The first-order valence-electron chi connectivity index (χ1n) is 5.95. The number of benzene rings is 1. The smallest absolute Gasteiger partial charge is 0.220 e. The lowest BCUT2D eigenvalue weighted by atomic mass is 9.97. The molecule has 1 aromatic carbocycles. The molecule has 0 bridgehead atoms. The lowest BCUT2D eigenvalue weighted by Gasteiger charge is -2.19. The van der Waals surface area contributed by atoms with Gasteiger partial charge in [-0.3, -0.25) is 4.79 Å². The van der Waals surface area contributed by atoms with Crippen molar-refractivity contribution in [2.75, 3.05) is 0 Å². The lowest BCUT2D eigenvalue weighted by Crippen LogP contribution is -2.27. The molecule has 1 aromatic rings. The van der Waals surface area contributed by atoms with E-state index in [-0.39, 0.29) is 11.9 Å². The number of rotatable bonds is 4. The van der Waals surface area contributed by atoms with Crippen LogP contribution in [0, 0.1) is 13.8 Å². The molecule has 0 aromatic heterocycles. The predicted molar refractivity (Wildman–Crippen MR) is 67.4 cm³/mol. The molecular weight excluding hydrogens is 198 g/mol. The maximum absolute atomic E-state index is 11.4. The van der Waals surface area contributed by atoms with Crippen LogP contribution >= 0.6 is 0 Å². The topological polar surface area (TPSA) is 29.1 Å². The molecule has 0 aliphatic heterocycles. The molecule has 16 heavy (non-hydrogen) atoms. The molecule has 0 aliphatic carbocycles. The Hall–Kier alpha value is -1.31. The van der Waals surface area contributed by atoms with Gasteiger partial charge in [0.25, 0.3) is 0 Å². The first-order chi connectivity index (χ1) is 7.58. The average Bonchev–Trinajstić information content (AvgIpc) is 2.26. The van der Waals surface area contributed by atoms with E-state index in [4.69, 9.17) is 0 Å². The number of hydrogen-bond acceptors (Lipinski definition) is 1. The van der Waals surface area contributed by atoms with Crippen molar-refractivity contribution in [2.45, 2.75) is 46.6 Å². The Labute approximate surface area is 98.1 Å². The molecular formula is C14H21NO. The Morgan fingerprint density at radius 2 is 2.00 bits per heavy atom. The second kappa shape index (κ2) is 5.69. The van der Waals surface area contributed by atoms with Crippen molar-refractivity contribution < 1.29 is 4.79 Å². The van der Waals surface area contributed by atoms with Crippen molar-refractivity contribution in [3.05, 3.63) is 34.9 Å². The first kappa shape index (κ1) is 12.8. The minimum Gasteiger partial charge on any atom is -0.349 e. The molecule has 0 heterocycles. The van der Waals surface area contributed by atoms with Gasteiger partial charge in [-0.2, -0.15) is 0 Å². The average molecular weight is 219 g/mol. The molecule has 1 rings (SSSR count). The fraction of sp³-hybridized carbons (Fsp3) is 0.500. The predicted octanol–water partition coefficient (Wildman–Crippen LogP) is 3.28. The summed E-state index contributed by atoms with van der Waals surface area (Å²) in [6, 6.07) is 6.53. The van der Waals surface area contributed by atoms with Gasteiger partial charge in [-0.25, -0.2) is 0 Å². The zero-order valence-corrected chi connectivity index (χ0v) is 10.6. The van der Waals surface area contributed by atoms with E-state index >= 15 is 0 Å². The fourth-order valence-electron chi connectivity index (χ4n) is 1.91. The van der Waals surface area contributed by atoms with Crippen molar-refractivity contribution in [3.8, 4) is 0 Å². The van der Waals surface area contributed by atoms with Crippen LogP contribution in [0.25, 0.3) is 0 Å². The largest absolute Gasteiger partial charge is 0.349 e. The van der Waals surface area contributed by atoms with E-state index in [0.717, 1.165) is 6.42 Å². The van der Waals surface area contributed by atoms with E-state index in [1.54, 1.807) is 0 Å². The van der Waals surface area contributed by atoms with Crippen LogP contribution in [-0.2, 0) is 4.79 Å². The molecule has 0 saturated carbocycles. The number of carbonyl (C=O) groups excluding carboxylic acids is 1. The Morgan fingerprint density at radius 3 is 2.50 bits per heavy atom. The number of hydrogen-bond donors (Lipinski definition) is 1. The van der Waals surface area contributed by atoms with Gasteiger partial charge in [0.15, 0.2) is 0 Å². The molecule has 2 heteroatoms. The summed E-state index contributed by atoms with van der Waals surface area (Å²) in [5.41, 5.74) is 3.75. The van der Waals surface area contributed by atoms with E-state index in [9.17, 15) is 4.79 Å². The molecule has 0 saturated heterocycles. The number of carbonyl (C=O) groups is 1. The summed E-state index contributed by atoms with van der Waals surface area (Å²) in [6.45, 7) is 8.16. The highest BCUT2D eigenvalue weighted by Gasteiger charge is 2.13. The molecule has 0 radical (unpaired) electrons. The standard InChI is InChI=1S/C14H21NO/c1-5-13(15-14(16)6-2)12-8-7-10(3)9-11(12)4/h7-9,13H,5-6H2,1-4H3,(H,15,16)/t13-/m0/s1.